The first-order valence-electron chi connectivity index (χ1n) is 8.61. The quantitative estimate of drug-likeness (QED) is 0.774. The van der Waals surface area contributed by atoms with Crippen molar-refractivity contribution in [3.63, 3.8) is 0 Å². The molecule has 1 aliphatic heterocycles. The minimum atomic E-state index is -3.83. The average Bonchev–Trinajstić information content (AvgIpc) is 2.92. The Kier molecular flexibility index (Phi) is 5.23. The second-order valence-electron chi connectivity index (χ2n) is 6.47. The standard InChI is InChI=1S/C20H22N2O4S/c1-3-15-26-18-11-9-16(10-12-18)21-19(23)20(2)13-14-22(27(20,24)25)17-7-5-4-6-8-17/h3-12H,1,13-15H2,2H3,(H,21,23)/t20-/m0/s1. The molecule has 3 rings (SSSR count). The molecule has 1 saturated heterocycles. The molecule has 0 saturated carbocycles. The van der Waals surface area contributed by atoms with Crippen molar-refractivity contribution in [1.82, 2.24) is 0 Å². The van der Waals surface area contributed by atoms with E-state index in [0.717, 1.165) is 0 Å². The van der Waals surface area contributed by atoms with Gasteiger partial charge < -0.3 is 10.1 Å². The van der Waals surface area contributed by atoms with Crippen LogP contribution in [0.4, 0.5) is 11.4 Å². The molecule has 1 atom stereocenters. The maximum Gasteiger partial charge on any atom is 0.249 e. The number of anilines is 2. The van der Waals surface area contributed by atoms with Gasteiger partial charge in [-0.25, -0.2) is 8.42 Å². The van der Waals surface area contributed by atoms with Crippen LogP contribution in [0, 0.1) is 0 Å². The zero-order chi connectivity index (χ0) is 19.5. The Morgan fingerprint density at radius 3 is 2.52 bits per heavy atom. The van der Waals surface area contributed by atoms with Crippen molar-refractivity contribution in [2.45, 2.75) is 18.1 Å². The van der Waals surface area contributed by atoms with E-state index >= 15 is 0 Å². The van der Waals surface area contributed by atoms with Gasteiger partial charge in [0.25, 0.3) is 0 Å². The number of amides is 1. The van der Waals surface area contributed by atoms with Crippen molar-refractivity contribution in [3.05, 3.63) is 67.3 Å². The van der Waals surface area contributed by atoms with E-state index in [1.165, 1.54) is 11.2 Å². The van der Waals surface area contributed by atoms with Crippen molar-refractivity contribution in [1.29, 1.82) is 0 Å². The van der Waals surface area contributed by atoms with E-state index in [4.69, 9.17) is 4.74 Å². The third-order valence-corrected chi connectivity index (χ3v) is 7.16. The van der Waals surface area contributed by atoms with Gasteiger partial charge in [-0.2, -0.15) is 0 Å². The summed E-state index contributed by atoms with van der Waals surface area (Å²) in [5.41, 5.74) is 1.08. The van der Waals surface area contributed by atoms with E-state index < -0.39 is 20.7 Å². The van der Waals surface area contributed by atoms with Gasteiger partial charge in [-0.05, 0) is 49.7 Å². The summed E-state index contributed by atoms with van der Waals surface area (Å²) in [6.45, 7) is 5.71. The maximum absolute atomic E-state index is 13.1. The fraction of sp³-hybridized carbons (Fsp3) is 0.250. The lowest BCUT2D eigenvalue weighted by Gasteiger charge is -2.25. The first-order chi connectivity index (χ1) is 12.9. The number of hydrogen-bond acceptors (Lipinski definition) is 4. The molecule has 0 spiro atoms. The lowest BCUT2D eigenvalue weighted by molar-refractivity contribution is -0.118. The SMILES string of the molecule is C=CCOc1ccc(NC(=O)[C@]2(C)CCN(c3ccccc3)S2(=O)=O)cc1. The van der Waals surface area contributed by atoms with Crippen LogP contribution >= 0.6 is 0 Å². The number of nitrogens with zero attached hydrogens (tertiary/aromatic N) is 1. The molecule has 1 aliphatic rings. The monoisotopic (exact) mass is 386 g/mol. The third-order valence-electron chi connectivity index (χ3n) is 4.66. The smallest absolute Gasteiger partial charge is 0.249 e. The molecule has 1 N–H and O–H groups in total. The average molecular weight is 386 g/mol. The number of para-hydroxylation sites is 1. The molecule has 0 aliphatic carbocycles. The van der Waals surface area contributed by atoms with Crippen LogP contribution in [-0.4, -0.2) is 32.2 Å². The lowest BCUT2D eigenvalue weighted by atomic mass is 10.1. The number of nitrogens with one attached hydrogen (secondary N) is 1. The highest BCUT2D eigenvalue weighted by Crippen LogP contribution is 2.37. The lowest BCUT2D eigenvalue weighted by Crippen LogP contribution is -2.47. The molecule has 27 heavy (non-hydrogen) atoms. The topological polar surface area (TPSA) is 75.7 Å². The van der Waals surface area contributed by atoms with Crippen molar-refractivity contribution < 1.29 is 17.9 Å². The summed E-state index contributed by atoms with van der Waals surface area (Å²) in [6.07, 6.45) is 1.86. The Labute approximate surface area is 159 Å². The van der Waals surface area contributed by atoms with Crippen molar-refractivity contribution in [2.75, 3.05) is 22.8 Å². The molecular weight excluding hydrogens is 364 g/mol. The van der Waals surface area contributed by atoms with Gasteiger partial charge in [0, 0.05) is 12.2 Å². The third kappa shape index (κ3) is 3.55. The number of rotatable bonds is 6. The fourth-order valence-electron chi connectivity index (χ4n) is 2.95. The Morgan fingerprint density at radius 1 is 1.22 bits per heavy atom. The predicted molar refractivity (Wildman–Crippen MR) is 106 cm³/mol. The van der Waals surface area contributed by atoms with Crippen LogP contribution in [-0.2, 0) is 14.8 Å². The van der Waals surface area contributed by atoms with Gasteiger partial charge >= 0.3 is 0 Å². The van der Waals surface area contributed by atoms with E-state index in [1.54, 1.807) is 54.6 Å². The summed E-state index contributed by atoms with van der Waals surface area (Å²) in [6, 6.07) is 15.6. The number of benzene rings is 2. The summed E-state index contributed by atoms with van der Waals surface area (Å²) >= 11 is 0. The van der Waals surface area contributed by atoms with E-state index in [1.807, 2.05) is 6.07 Å². The van der Waals surface area contributed by atoms with Gasteiger partial charge in [-0.15, -0.1) is 0 Å². The molecule has 0 bridgehead atoms. The van der Waals surface area contributed by atoms with Crippen LogP contribution < -0.4 is 14.4 Å². The molecule has 0 radical (unpaired) electrons. The Hall–Kier alpha value is -2.80. The zero-order valence-corrected chi connectivity index (χ0v) is 15.9. The van der Waals surface area contributed by atoms with Crippen LogP contribution in [0.3, 0.4) is 0 Å². The highest BCUT2D eigenvalue weighted by atomic mass is 32.2. The summed E-state index contributed by atoms with van der Waals surface area (Å²) < 4.78 is 31.3. The summed E-state index contributed by atoms with van der Waals surface area (Å²) in [7, 11) is -3.83. The molecule has 2 aromatic carbocycles. The minimum absolute atomic E-state index is 0.219. The number of ether oxygens (including phenoxy) is 1. The number of hydrogen-bond donors (Lipinski definition) is 1. The Bertz CT molecular complexity index is 926. The maximum atomic E-state index is 13.1. The highest BCUT2D eigenvalue weighted by molar-refractivity contribution is 7.95. The molecule has 7 heteroatoms. The van der Waals surface area contributed by atoms with E-state index in [0.29, 0.717) is 23.7 Å². The Morgan fingerprint density at radius 2 is 1.89 bits per heavy atom. The molecule has 2 aromatic rings. The summed E-state index contributed by atoms with van der Waals surface area (Å²) in [5, 5.41) is 2.71. The molecule has 0 unspecified atom stereocenters. The molecule has 1 fully saturated rings. The van der Waals surface area contributed by atoms with Gasteiger partial charge in [0.05, 0.1) is 5.69 Å². The first kappa shape index (κ1) is 19.0. The van der Waals surface area contributed by atoms with Gasteiger partial charge in [-0.1, -0.05) is 30.9 Å². The second-order valence-corrected chi connectivity index (χ2v) is 8.76. The van der Waals surface area contributed by atoms with Crippen molar-refractivity contribution in [2.24, 2.45) is 0 Å². The van der Waals surface area contributed by atoms with E-state index in [2.05, 4.69) is 11.9 Å². The summed E-state index contributed by atoms with van der Waals surface area (Å²) in [4.78, 5) is 12.8. The first-order valence-corrected chi connectivity index (χ1v) is 10.0. The minimum Gasteiger partial charge on any atom is -0.490 e. The number of carbonyl (C=O) groups is 1. The number of carbonyl (C=O) groups excluding carboxylic acids is 1. The van der Waals surface area contributed by atoms with Gasteiger partial charge in [0.15, 0.2) is 4.75 Å². The molecule has 142 valence electrons. The van der Waals surface area contributed by atoms with Crippen molar-refractivity contribution in [3.8, 4) is 5.75 Å². The molecule has 6 nitrogen and oxygen atoms in total. The van der Waals surface area contributed by atoms with Gasteiger partial charge in [-0.3, -0.25) is 9.10 Å². The molecule has 1 heterocycles. The van der Waals surface area contributed by atoms with Gasteiger partial charge in [0.1, 0.15) is 12.4 Å². The van der Waals surface area contributed by atoms with Crippen LogP contribution in [0.2, 0.25) is 0 Å². The van der Waals surface area contributed by atoms with Crippen molar-refractivity contribution >= 4 is 27.3 Å². The van der Waals surface area contributed by atoms with Crippen LogP contribution in [0.15, 0.2) is 67.3 Å². The van der Waals surface area contributed by atoms with Gasteiger partial charge in [0.2, 0.25) is 15.9 Å². The van der Waals surface area contributed by atoms with Crippen LogP contribution in [0.5, 0.6) is 5.75 Å². The van der Waals surface area contributed by atoms with Crippen LogP contribution in [0.25, 0.3) is 0 Å². The number of sulfonamides is 1. The normalized spacial score (nSPS) is 20.9. The fourth-order valence-corrected chi connectivity index (χ4v) is 4.80. The zero-order valence-electron chi connectivity index (χ0n) is 15.1. The molecule has 1 amide bonds. The molecular formula is C20H22N2O4S. The Balaban J connectivity index is 1.77. The van der Waals surface area contributed by atoms with E-state index in [9.17, 15) is 13.2 Å². The second kappa shape index (κ2) is 7.44. The largest absolute Gasteiger partial charge is 0.490 e. The van der Waals surface area contributed by atoms with E-state index in [-0.39, 0.29) is 13.0 Å². The predicted octanol–water partition coefficient (Wildman–Crippen LogP) is 3.19. The summed E-state index contributed by atoms with van der Waals surface area (Å²) in [5.74, 6) is 0.101. The highest BCUT2D eigenvalue weighted by Gasteiger charge is 2.54. The molecule has 0 aromatic heterocycles. The van der Waals surface area contributed by atoms with Crippen LogP contribution in [0.1, 0.15) is 13.3 Å².